The number of aromatic nitrogens is 1. The number of rotatable bonds is 9. The number of ether oxygens (including phenoxy) is 4. The van der Waals surface area contributed by atoms with E-state index in [1.54, 1.807) is 35.4 Å². The minimum Gasteiger partial charge on any atom is -0.490 e. The summed E-state index contributed by atoms with van der Waals surface area (Å²) < 4.78 is 22.8. The van der Waals surface area contributed by atoms with Crippen LogP contribution in [0.5, 0.6) is 23.1 Å². The maximum absolute atomic E-state index is 13.0. The molecule has 0 unspecified atom stereocenters. The second kappa shape index (κ2) is 9.69. The van der Waals surface area contributed by atoms with Crippen LogP contribution in [-0.2, 0) is 0 Å². The number of carbonyl (C=O) groups is 1. The average Bonchev–Trinajstić information content (AvgIpc) is 2.68. The van der Waals surface area contributed by atoms with Crippen molar-refractivity contribution in [2.75, 3.05) is 32.9 Å². The summed E-state index contributed by atoms with van der Waals surface area (Å²) in [7, 11) is 0. The van der Waals surface area contributed by atoms with Crippen molar-refractivity contribution in [2.45, 2.75) is 26.9 Å². The van der Waals surface area contributed by atoms with Crippen LogP contribution in [0.1, 0.15) is 31.1 Å². The fourth-order valence-electron chi connectivity index (χ4n) is 2.99. The van der Waals surface area contributed by atoms with Crippen molar-refractivity contribution >= 4 is 17.5 Å². The minimum atomic E-state index is -0.147. The Balaban J connectivity index is 1.73. The lowest BCUT2D eigenvalue weighted by Gasteiger charge is -2.38. The Labute approximate surface area is 175 Å². The number of hydrogen-bond donors (Lipinski definition) is 0. The predicted molar refractivity (Wildman–Crippen MR) is 110 cm³/mol. The van der Waals surface area contributed by atoms with Crippen LogP contribution in [0.4, 0.5) is 0 Å². The number of carbonyl (C=O) groups excluding carboxylic acids is 1. The first kappa shape index (κ1) is 21.0. The number of pyridine rings is 1. The van der Waals surface area contributed by atoms with Crippen molar-refractivity contribution in [3.63, 3.8) is 0 Å². The number of halogens is 1. The molecule has 1 aromatic carbocycles. The largest absolute Gasteiger partial charge is 0.490 e. The van der Waals surface area contributed by atoms with Crippen molar-refractivity contribution in [2.24, 2.45) is 0 Å². The Morgan fingerprint density at radius 2 is 1.72 bits per heavy atom. The van der Waals surface area contributed by atoms with Crippen LogP contribution >= 0.6 is 11.6 Å². The van der Waals surface area contributed by atoms with Gasteiger partial charge in [-0.25, -0.2) is 4.98 Å². The summed E-state index contributed by atoms with van der Waals surface area (Å²) >= 11 is 6.07. The van der Waals surface area contributed by atoms with Gasteiger partial charge in [0, 0.05) is 11.8 Å². The molecule has 0 atom stereocenters. The van der Waals surface area contributed by atoms with Gasteiger partial charge >= 0.3 is 0 Å². The first-order chi connectivity index (χ1) is 14.1. The van der Waals surface area contributed by atoms with Crippen LogP contribution in [0, 0.1) is 0 Å². The van der Waals surface area contributed by atoms with Gasteiger partial charge in [0.1, 0.15) is 11.1 Å². The molecule has 0 N–H and O–H groups in total. The molecule has 3 rings (SSSR count). The van der Waals surface area contributed by atoms with E-state index in [1.807, 2.05) is 20.8 Å². The van der Waals surface area contributed by atoms with E-state index in [1.165, 1.54) is 0 Å². The van der Waals surface area contributed by atoms with Gasteiger partial charge in [-0.3, -0.25) is 4.79 Å². The minimum absolute atomic E-state index is 0.123. The summed E-state index contributed by atoms with van der Waals surface area (Å²) in [6.45, 7) is 7.92. The Morgan fingerprint density at radius 3 is 2.28 bits per heavy atom. The molecule has 2 aromatic rings. The van der Waals surface area contributed by atoms with Crippen LogP contribution in [0.15, 0.2) is 30.5 Å². The number of likely N-dealkylation sites (tertiary alicyclic amines) is 1. The van der Waals surface area contributed by atoms with Crippen LogP contribution in [0.25, 0.3) is 0 Å². The molecule has 7 nitrogen and oxygen atoms in total. The molecule has 0 radical (unpaired) electrons. The lowest BCUT2D eigenvalue weighted by atomic mass is 10.1. The van der Waals surface area contributed by atoms with Crippen molar-refractivity contribution in [3.8, 4) is 23.1 Å². The molecule has 0 spiro atoms. The van der Waals surface area contributed by atoms with E-state index in [0.717, 1.165) is 0 Å². The topological polar surface area (TPSA) is 70.1 Å². The highest BCUT2D eigenvalue weighted by molar-refractivity contribution is 6.31. The molecule has 0 aliphatic carbocycles. The normalized spacial score (nSPS) is 13.6. The summed E-state index contributed by atoms with van der Waals surface area (Å²) in [4.78, 5) is 18.8. The zero-order valence-corrected chi connectivity index (χ0v) is 17.6. The molecular weight excluding hydrogens is 396 g/mol. The third-order valence-corrected chi connectivity index (χ3v) is 4.58. The monoisotopic (exact) mass is 420 g/mol. The van der Waals surface area contributed by atoms with E-state index in [4.69, 9.17) is 30.5 Å². The molecule has 1 aliphatic rings. The lowest BCUT2D eigenvalue weighted by Crippen LogP contribution is -2.56. The number of amides is 1. The van der Waals surface area contributed by atoms with Crippen LogP contribution in [-0.4, -0.2) is 54.8 Å². The van der Waals surface area contributed by atoms with Gasteiger partial charge in [-0.2, -0.15) is 0 Å². The van der Waals surface area contributed by atoms with Crippen molar-refractivity contribution in [3.05, 3.63) is 41.0 Å². The van der Waals surface area contributed by atoms with Gasteiger partial charge < -0.3 is 23.8 Å². The molecule has 29 heavy (non-hydrogen) atoms. The summed E-state index contributed by atoms with van der Waals surface area (Å²) in [5.41, 5.74) is 0.481. The summed E-state index contributed by atoms with van der Waals surface area (Å²) in [5, 5.41) is 0.450. The quantitative estimate of drug-likeness (QED) is 0.614. The van der Waals surface area contributed by atoms with Crippen molar-refractivity contribution in [1.82, 2.24) is 9.88 Å². The molecule has 1 aliphatic heterocycles. The number of benzene rings is 1. The van der Waals surface area contributed by atoms with Crippen LogP contribution in [0.3, 0.4) is 0 Å². The molecule has 1 saturated heterocycles. The van der Waals surface area contributed by atoms with Gasteiger partial charge in [-0.15, -0.1) is 0 Å². The Kier molecular flexibility index (Phi) is 7.04. The Morgan fingerprint density at radius 1 is 1.10 bits per heavy atom. The third-order valence-electron chi connectivity index (χ3n) is 4.29. The van der Waals surface area contributed by atoms with Crippen molar-refractivity contribution in [1.29, 1.82) is 0 Å². The predicted octanol–water partition coefficient (Wildman–Crippen LogP) is 3.83. The second-order valence-corrected chi connectivity index (χ2v) is 6.75. The average molecular weight is 421 g/mol. The van der Waals surface area contributed by atoms with E-state index < -0.39 is 0 Å². The summed E-state index contributed by atoms with van der Waals surface area (Å²) in [6.07, 6.45) is 1.47. The summed E-state index contributed by atoms with van der Waals surface area (Å²) in [5.74, 6) is 1.77. The molecule has 8 heteroatoms. The lowest BCUT2D eigenvalue weighted by molar-refractivity contribution is 0.0160. The second-order valence-electron chi connectivity index (χ2n) is 6.34. The third kappa shape index (κ3) is 4.85. The Hall–Kier alpha value is -2.67. The molecule has 1 fully saturated rings. The van der Waals surface area contributed by atoms with Gasteiger partial charge in [0.15, 0.2) is 11.5 Å². The fourth-order valence-corrected chi connectivity index (χ4v) is 3.16. The summed E-state index contributed by atoms with van der Waals surface area (Å²) in [6, 6.07) is 6.85. The molecule has 156 valence electrons. The first-order valence-corrected chi connectivity index (χ1v) is 10.1. The molecule has 2 heterocycles. The highest BCUT2D eigenvalue weighted by Gasteiger charge is 2.34. The van der Waals surface area contributed by atoms with Gasteiger partial charge in [-0.1, -0.05) is 11.6 Å². The first-order valence-electron chi connectivity index (χ1n) is 9.70. The Bertz CT molecular complexity index is 828. The highest BCUT2D eigenvalue weighted by Crippen LogP contribution is 2.39. The fraction of sp³-hybridized carbons (Fsp3) is 0.429. The number of hydrogen-bond acceptors (Lipinski definition) is 6. The van der Waals surface area contributed by atoms with Gasteiger partial charge in [-0.05, 0) is 45.0 Å². The number of nitrogens with zero attached hydrogens (tertiary/aromatic N) is 2. The van der Waals surface area contributed by atoms with E-state index >= 15 is 0 Å². The molecule has 0 saturated carbocycles. The highest BCUT2D eigenvalue weighted by atomic mass is 35.5. The molecule has 0 bridgehead atoms. The molecule has 1 aromatic heterocycles. The van der Waals surface area contributed by atoms with Crippen LogP contribution < -0.4 is 18.9 Å². The standard InChI is InChI=1S/C21H25ClN2O5/c1-4-26-17-10-14(11-18(27-5-2)19(17)28-6-3)21(25)24-12-15(13-24)29-20-16(22)8-7-9-23-20/h7-11,15H,4-6,12-13H2,1-3H3. The molecule has 1 amide bonds. The smallest absolute Gasteiger partial charge is 0.254 e. The van der Waals surface area contributed by atoms with Gasteiger partial charge in [0.2, 0.25) is 11.6 Å². The van der Waals surface area contributed by atoms with Gasteiger partial charge in [0.05, 0.1) is 32.9 Å². The van der Waals surface area contributed by atoms with E-state index in [2.05, 4.69) is 4.98 Å². The van der Waals surface area contributed by atoms with Crippen molar-refractivity contribution < 1.29 is 23.7 Å². The van der Waals surface area contributed by atoms with Gasteiger partial charge in [0.25, 0.3) is 5.91 Å². The zero-order chi connectivity index (χ0) is 20.8. The maximum Gasteiger partial charge on any atom is 0.254 e. The van der Waals surface area contributed by atoms with E-state index in [0.29, 0.717) is 66.6 Å². The van der Waals surface area contributed by atoms with Crippen LogP contribution in [0.2, 0.25) is 5.02 Å². The van der Waals surface area contributed by atoms with E-state index in [9.17, 15) is 4.79 Å². The SMILES string of the molecule is CCOc1cc(C(=O)N2CC(Oc3ncccc3Cl)C2)cc(OCC)c1OCC. The van der Waals surface area contributed by atoms with E-state index in [-0.39, 0.29) is 12.0 Å². The maximum atomic E-state index is 13.0. The zero-order valence-electron chi connectivity index (χ0n) is 16.8. The molecular formula is C21H25ClN2O5.